The van der Waals surface area contributed by atoms with Gasteiger partial charge in [0.15, 0.2) is 17.8 Å². The van der Waals surface area contributed by atoms with Gasteiger partial charge in [0, 0.05) is 24.3 Å². The normalized spacial score (nSPS) is 31.2. The van der Waals surface area contributed by atoms with Crippen molar-refractivity contribution < 1.29 is 91.2 Å². The van der Waals surface area contributed by atoms with Crippen molar-refractivity contribution in [3.05, 3.63) is 30.3 Å². The maximum atomic E-state index is 10.8. The largest absolute Gasteiger partial charge is 1.00 e. The van der Waals surface area contributed by atoms with E-state index in [9.17, 15) is 46.0 Å². The van der Waals surface area contributed by atoms with Crippen molar-refractivity contribution in [1.29, 1.82) is 0 Å². The number of methoxy groups -OCH3 is 2. The maximum Gasteiger partial charge on any atom is 0.402 e. The van der Waals surface area contributed by atoms with Crippen LogP contribution in [0.2, 0.25) is 0 Å². The van der Waals surface area contributed by atoms with E-state index in [1.165, 1.54) is 45.4 Å². The third-order valence-electron chi connectivity index (χ3n) is 7.70. The molecule has 16 nitrogen and oxygen atoms in total. The topological polar surface area (TPSA) is 249 Å². The van der Waals surface area contributed by atoms with Crippen molar-refractivity contribution in [3.8, 4) is 45.8 Å². The summed E-state index contributed by atoms with van der Waals surface area (Å²) in [5, 5.41) is 93.3. The third-order valence-corrected chi connectivity index (χ3v) is 7.70. The van der Waals surface area contributed by atoms with Crippen molar-refractivity contribution in [2.24, 2.45) is 0 Å². The van der Waals surface area contributed by atoms with Crippen LogP contribution in [0.5, 0.6) is 34.5 Å². The summed E-state index contributed by atoms with van der Waals surface area (Å²) in [7, 11) is 2.62. The molecule has 2 fully saturated rings. The summed E-state index contributed by atoms with van der Waals surface area (Å²) in [4.78, 5) is 0. The molecule has 0 amide bonds. The molecule has 46 heavy (non-hydrogen) atoms. The summed E-state index contributed by atoms with van der Waals surface area (Å²) in [5.74, 6) is -1.25. The molecular weight excluding hydrogens is 640 g/mol. The summed E-state index contributed by atoms with van der Waals surface area (Å²) < 4.78 is 39.1. The summed E-state index contributed by atoms with van der Waals surface area (Å²) in [6, 6.07) is 6.37. The Hall–Kier alpha value is -3.42. The number of hydrogen-bond donors (Lipinski definition) is 9. The average molecular weight is 675 g/mol. The third kappa shape index (κ3) is 6.68. The van der Waals surface area contributed by atoms with Gasteiger partial charge in [0.2, 0.25) is 17.8 Å². The fraction of sp³-hybridized carbons (Fsp3) is 0.483. The molecule has 17 heteroatoms. The Kier molecular flexibility index (Phi) is 10.9. The zero-order valence-electron chi connectivity index (χ0n) is 24.6. The Morgan fingerprint density at radius 1 is 0.717 bits per heavy atom. The number of benzene rings is 2. The molecule has 0 saturated carbocycles. The number of phenols is 3. The highest BCUT2D eigenvalue weighted by molar-refractivity contribution is 5.88. The van der Waals surface area contributed by atoms with Gasteiger partial charge in [-0.25, -0.2) is 4.42 Å². The van der Waals surface area contributed by atoms with Crippen molar-refractivity contribution >= 4 is 11.0 Å². The molecule has 0 spiro atoms. The number of aromatic hydroxyl groups is 3. The minimum Gasteiger partial charge on any atom is -1.00 e. The van der Waals surface area contributed by atoms with Gasteiger partial charge in [-0.05, 0) is 6.92 Å². The summed E-state index contributed by atoms with van der Waals surface area (Å²) in [5.41, 5.74) is 0.227. The molecule has 2 aliphatic heterocycles. The minimum absolute atomic E-state index is 0. The average Bonchev–Trinajstić information content (AvgIpc) is 3.01. The SMILES string of the molecule is COc1cc(-c2[o+]c3cc(O)cc(O)c3cc2O[C@@H]2O[C@H](CO[C@@H]3O[C@@H](C)[C@H](O)[C@@H](O)[C@H]3O)[C@@H](O)[C@H](O)[C@H]2O)cc(OC)c1O.[Cl-]. The summed E-state index contributed by atoms with van der Waals surface area (Å²) in [6.45, 7) is 0.931. The first kappa shape index (κ1) is 35.4. The van der Waals surface area contributed by atoms with Crippen LogP contribution in [0.15, 0.2) is 34.7 Å². The van der Waals surface area contributed by atoms with E-state index in [-0.39, 0.29) is 69.2 Å². The van der Waals surface area contributed by atoms with Crippen LogP contribution in [0.1, 0.15) is 6.92 Å². The van der Waals surface area contributed by atoms with Gasteiger partial charge < -0.3 is 86.8 Å². The smallest absolute Gasteiger partial charge is 0.402 e. The van der Waals surface area contributed by atoms with Crippen LogP contribution in [0.3, 0.4) is 0 Å². The van der Waals surface area contributed by atoms with Crippen LogP contribution in [-0.2, 0) is 14.2 Å². The molecule has 10 atom stereocenters. The molecule has 5 rings (SSSR count). The van der Waals surface area contributed by atoms with Crippen LogP contribution < -0.4 is 26.6 Å². The van der Waals surface area contributed by atoms with Crippen molar-refractivity contribution in [1.82, 2.24) is 0 Å². The monoisotopic (exact) mass is 674 g/mol. The molecule has 2 aromatic carbocycles. The molecular formula is C29H35ClO16. The van der Waals surface area contributed by atoms with Crippen molar-refractivity contribution in [3.63, 3.8) is 0 Å². The Morgan fingerprint density at radius 3 is 1.96 bits per heavy atom. The lowest BCUT2D eigenvalue weighted by atomic mass is 9.98. The van der Waals surface area contributed by atoms with Gasteiger partial charge in [-0.3, -0.25) is 0 Å². The minimum atomic E-state index is -1.83. The second-order valence-corrected chi connectivity index (χ2v) is 10.7. The second kappa shape index (κ2) is 14.1. The lowest BCUT2D eigenvalue weighted by molar-refractivity contribution is -0.318. The highest BCUT2D eigenvalue weighted by atomic mass is 35.5. The molecule has 3 heterocycles. The molecule has 2 saturated heterocycles. The second-order valence-electron chi connectivity index (χ2n) is 10.7. The zero-order valence-corrected chi connectivity index (χ0v) is 25.4. The molecule has 254 valence electrons. The number of phenolic OH excluding ortho intramolecular Hbond substituents is 3. The van der Waals surface area contributed by atoms with E-state index in [0.29, 0.717) is 0 Å². The number of aliphatic hydroxyl groups is 6. The first-order valence-corrected chi connectivity index (χ1v) is 13.8. The maximum absolute atomic E-state index is 10.8. The number of halogens is 1. The standard InChI is InChI=1S/C29H34O16.ClH/c1-10-20(32)23(35)25(37)28(42-10)41-9-19-22(34)24(36)26(38)29(45-19)44-18-8-13-14(31)6-12(30)7-15(13)43-27(18)11-4-16(39-2)21(33)17(5-11)40-3;/h4-8,10,19-20,22-26,28-29,32,34-38H,9H2,1-3H3,(H2-,30,31,33);1H/t10-,19+,20-,22+,23+,24-,25+,26+,28+,29+;/m0./s1. The van der Waals surface area contributed by atoms with Crippen LogP contribution in [0, 0.1) is 0 Å². The quantitative estimate of drug-likeness (QED) is 0.105. The van der Waals surface area contributed by atoms with Gasteiger partial charge in [-0.15, -0.1) is 0 Å². The molecule has 1 aromatic heterocycles. The van der Waals surface area contributed by atoms with Gasteiger partial charge in [0.1, 0.15) is 59.6 Å². The van der Waals surface area contributed by atoms with Crippen LogP contribution in [0.4, 0.5) is 0 Å². The van der Waals surface area contributed by atoms with E-state index in [0.717, 1.165) is 6.07 Å². The Balaban J connectivity index is 0.00000480. The van der Waals surface area contributed by atoms with Crippen LogP contribution >= 0.6 is 0 Å². The van der Waals surface area contributed by atoms with E-state index >= 15 is 0 Å². The molecule has 0 aliphatic carbocycles. The first-order chi connectivity index (χ1) is 21.3. The van der Waals surface area contributed by atoms with E-state index in [1.54, 1.807) is 0 Å². The Bertz CT molecular complexity index is 1500. The van der Waals surface area contributed by atoms with Gasteiger partial charge in [-0.2, -0.15) is 0 Å². The number of aliphatic hydroxyl groups excluding tert-OH is 6. The molecule has 0 unspecified atom stereocenters. The van der Waals surface area contributed by atoms with E-state index in [4.69, 9.17) is 32.8 Å². The van der Waals surface area contributed by atoms with E-state index < -0.39 is 68.0 Å². The fourth-order valence-electron chi connectivity index (χ4n) is 5.11. The Labute approximate surface area is 267 Å². The summed E-state index contributed by atoms with van der Waals surface area (Å²) >= 11 is 0. The number of fused-ring (bicyclic) bond motifs is 1. The predicted octanol–water partition coefficient (Wildman–Crippen LogP) is -3.45. The van der Waals surface area contributed by atoms with Crippen molar-refractivity contribution in [2.75, 3.05) is 20.8 Å². The lowest BCUT2D eigenvalue weighted by Crippen LogP contribution is -3.00. The zero-order chi connectivity index (χ0) is 32.7. The number of ether oxygens (including phenoxy) is 6. The first-order valence-electron chi connectivity index (χ1n) is 13.8. The summed E-state index contributed by atoms with van der Waals surface area (Å²) in [6.07, 6.45) is -15.3. The Morgan fingerprint density at radius 2 is 1.33 bits per heavy atom. The highest BCUT2D eigenvalue weighted by Gasteiger charge is 2.48. The van der Waals surface area contributed by atoms with E-state index in [2.05, 4.69) is 0 Å². The number of hydrogen-bond acceptors (Lipinski definition) is 15. The molecule has 9 N–H and O–H groups in total. The van der Waals surface area contributed by atoms with Gasteiger partial charge in [0.25, 0.3) is 0 Å². The molecule has 2 aliphatic rings. The molecule has 0 bridgehead atoms. The highest BCUT2D eigenvalue weighted by Crippen LogP contribution is 2.45. The fourth-order valence-corrected chi connectivity index (χ4v) is 5.11. The number of rotatable bonds is 8. The molecule has 3 aromatic rings. The van der Waals surface area contributed by atoms with Gasteiger partial charge >= 0.3 is 11.3 Å². The van der Waals surface area contributed by atoms with Gasteiger partial charge in [0.05, 0.1) is 38.6 Å². The van der Waals surface area contributed by atoms with E-state index in [1.807, 2.05) is 0 Å². The van der Waals surface area contributed by atoms with Crippen molar-refractivity contribution in [2.45, 2.75) is 68.3 Å². The predicted molar refractivity (Wildman–Crippen MR) is 150 cm³/mol. The van der Waals surface area contributed by atoms with Gasteiger partial charge in [-0.1, -0.05) is 0 Å². The van der Waals surface area contributed by atoms with Crippen LogP contribution in [0.25, 0.3) is 22.3 Å². The van der Waals surface area contributed by atoms with Crippen LogP contribution in [-0.4, -0.2) is 128 Å². The lowest BCUT2D eigenvalue weighted by Gasteiger charge is -2.42. The molecule has 0 radical (unpaired) electrons.